The predicted octanol–water partition coefficient (Wildman–Crippen LogP) is 0.0653. The summed E-state index contributed by atoms with van der Waals surface area (Å²) >= 11 is 0. The number of fused-ring (bicyclic) bond motifs is 1. The second-order valence-corrected chi connectivity index (χ2v) is 6.84. The Hall–Kier alpha value is -3.25. The molecule has 0 bridgehead atoms. The predicted molar refractivity (Wildman–Crippen MR) is 93.9 cm³/mol. The molecule has 0 radical (unpaired) electrons. The minimum atomic E-state index is -1.08. The number of rotatable bonds is 4. The third kappa shape index (κ3) is 2.82. The maximum Gasteiger partial charge on any atom is 0.262 e. The lowest BCUT2D eigenvalue weighted by atomic mass is 10.0. The number of terminal acetylenes is 1. The van der Waals surface area contributed by atoms with Crippen LogP contribution in [0.3, 0.4) is 0 Å². The van der Waals surface area contributed by atoms with Crippen molar-refractivity contribution in [2.24, 2.45) is 0 Å². The van der Waals surface area contributed by atoms with Gasteiger partial charge in [-0.05, 0) is 18.6 Å². The molecular formula is C19H16FN3O5. The van der Waals surface area contributed by atoms with Gasteiger partial charge in [-0.15, -0.1) is 6.42 Å². The molecule has 4 rings (SSSR count). The Morgan fingerprint density at radius 3 is 2.50 bits per heavy atom. The number of anilines is 1. The molecule has 4 amide bonds. The number of nitrogens with one attached hydrogen (secondary N) is 1. The molecule has 1 N–H and O–H groups in total. The summed E-state index contributed by atoms with van der Waals surface area (Å²) in [4.78, 5) is 51.3. The van der Waals surface area contributed by atoms with E-state index in [0.29, 0.717) is 13.1 Å². The fraction of sp³-hybridized carbons (Fsp3) is 0.368. The molecule has 144 valence electrons. The number of benzene rings is 1. The second-order valence-electron chi connectivity index (χ2n) is 6.84. The summed E-state index contributed by atoms with van der Waals surface area (Å²) in [6.07, 6.45) is 5.08. The third-order valence-corrected chi connectivity index (χ3v) is 5.10. The number of carbonyl (C=O) groups is 4. The zero-order valence-corrected chi connectivity index (χ0v) is 14.7. The Balaban J connectivity index is 1.57. The topological polar surface area (TPSA) is 96.0 Å². The van der Waals surface area contributed by atoms with Crippen molar-refractivity contribution in [1.82, 2.24) is 10.2 Å². The molecule has 9 heteroatoms. The number of hydrogen-bond acceptors (Lipinski definition) is 6. The highest BCUT2D eigenvalue weighted by atomic mass is 19.1. The molecule has 3 aliphatic rings. The van der Waals surface area contributed by atoms with Crippen molar-refractivity contribution < 1.29 is 28.3 Å². The number of imide groups is 2. The van der Waals surface area contributed by atoms with E-state index in [-0.39, 0.29) is 42.4 Å². The lowest BCUT2D eigenvalue weighted by molar-refractivity contribution is -0.136. The van der Waals surface area contributed by atoms with Crippen molar-refractivity contribution >= 4 is 29.3 Å². The van der Waals surface area contributed by atoms with E-state index in [1.54, 1.807) is 4.90 Å². The van der Waals surface area contributed by atoms with Gasteiger partial charge in [0.2, 0.25) is 11.8 Å². The largest absolute Gasteiger partial charge is 0.364 e. The van der Waals surface area contributed by atoms with E-state index < -0.39 is 35.5 Å². The summed E-state index contributed by atoms with van der Waals surface area (Å²) in [5.74, 6) is -0.841. The number of amides is 4. The fourth-order valence-corrected chi connectivity index (χ4v) is 3.63. The van der Waals surface area contributed by atoms with E-state index in [0.717, 1.165) is 11.0 Å². The maximum atomic E-state index is 14.6. The van der Waals surface area contributed by atoms with E-state index in [1.807, 2.05) is 0 Å². The monoisotopic (exact) mass is 385 g/mol. The summed E-state index contributed by atoms with van der Waals surface area (Å²) in [7, 11) is 0. The molecule has 8 nitrogen and oxygen atoms in total. The van der Waals surface area contributed by atoms with E-state index in [9.17, 15) is 23.6 Å². The molecule has 28 heavy (non-hydrogen) atoms. The molecular weight excluding hydrogens is 369 g/mol. The maximum absolute atomic E-state index is 14.6. The number of hydrogen-bond donors (Lipinski definition) is 1. The highest BCUT2D eigenvalue weighted by Gasteiger charge is 2.45. The number of carbonyl (C=O) groups excluding carboxylic acids is 4. The Morgan fingerprint density at radius 1 is 1.18 bits per heavy atom. The van der Waals surface area contributed by atoms with Gasteiger partial charge in [-0.2, -0.15) is 0 Å². The van der Waals surface area contributed by atoms with Crippen LogP contribution in [0.5, 0.6) is 0 Å². The Kier molecular flexibility index (Phi) is 4.35. The van der Waals surface area contributed by atoms with Gasteiger partial charge in [0.1, 0.15) is 18.5 Å². The van der Waals surface area contributed by atoms with E-state index in [1.165, 1.54) is 6.07 Å². The molecule has 2 fully saturated rings. The van der Waals surface area contributed by atoms with Crippen LogP contribution >= 0.6 is 0 Å². The highest BCUT2D eigenvalue weighted by Crippen LogP contribution is 2.34. The first-order chi connectivity index (χ1) is 13.4. The van der Waals surface area contributed by atoms with Crippen molar-refractivity contribution in [3.05, 3.63) is 29.1 Å². The standard InChI is InChI=1S/C19H16FN3O5/c1-2-5-28-10-8-22(9-10)15-7-12-11(6-13(15)20)18(26)23(19(12)27)14-3-4-16(24)21-17(14)25/h1,6-7,10,14H,3-5,8-9H2,(H,21,24,25). The first kappa shape index (κ1) is 18.1. The smallest absolute Gasteiger partial charge is 0.262 e. The zero-order valence-electron chi connectivity index (χ0n) is 14.7. The summed E-state index contributed by atoms with van der Waals surface area (Å²) in [6, 6.07) is 1.27. The highest BCUT2D eigenvalue weighted by molar-refractivity contribution is 6.23. The number of nitrogens with zero attached hydrogens (tertiary/aromatic N) is 2. The van der Waals surface area contributed by atoms with Crippen molar-refractivity contribution in [3.8, 4) is 12.3 Å². The van der Waals surface area contributed by atoms with Crippen LogP contribution in [0, 0.1) is 18.2 Å². The normalized spacial score (nSPS) is 22.1. The summed E-state index contributed by atoms with van der Waals surface area (Å²) in [5.41, 5.74) is 0.140. The van der Waals surface area contributed by atoms with Gasteiger partial charge in [0.25, 0.3) is 11.8 Å². The minimum absolute atomic E-state index is 0.0241. The molecule has 1 aromatic carbocycles. The van der Waals surface area contributed by atoms with E-state index in [4.69, 9.17) is 11.2 Å². The van der Waals surface area contributed by atoms with Crippen molar-refractivity contribution in [2.75, 3.05) is 24.6 Å². The Morgan fingerprint density at radius 2 is 1.86 bits per heavy atom. The molecule has 1 atom stereocenters. The van der Waals surface area contributed by atoms with E-state index >= 15 is 0 Å². The van der Waals surface area contributed by atoms with Crippen LogP contribution in [0.25, 0.3) is 0 Å². The third-order valence-electron chi connectivity index (χ3n) is 5.10. The number of ether oxygens (including phenoxy) is 1. The molecule has 0 saturated carbocycles. The Bertz CT molecular complexity index is 948. The molecule has 0 spiro atoms. The molecule has 0 aliphatic carbocycles. The SMILES string of the molecule is C#CCOC1CN(c2cc3c(cc2F)C(=O)N(C2CCC(=O)NC2=O)C3=O)C1. The van der Waals surface area contributed by atoms with E-state index in [2.05, 4.69) is 11.2 Å². The summed E-state index contributed by atoms with van der Waals surface area (Å²) < 4.78 is 19.9. The van der Waals surface area contributed by atoms with Crippen molar-refractivity contribution in [1.29, 1.82) is 0 Å². The van der Waals surface area contributed by atoms with Gasteiger partial charge in [-0.3, -0.25) is 29.4 Å². The number of piperidine rings is 1. The van der Waals surface area contributed by atoms with Gasteiger partial charge >= 0.3 is 0 Å². The van der Waals surface area contributed by atoms with Crippen LogP contribution in [0.2, 0.25) is 0 Å². The van der Waals surface area contributed by atoms with Gasteiger partial charge in [-0.1, -0.05) is 5.92 Å². The summed E-state index contributed by atoms with van der Waals surface area (Å²) in [6.45, 7) is 0.992. The molecule has 3 aliphatic heterocycles. The van der Waals surface area contributed by atoms with Crippen LogP contribution in [0.4, 0.5) is 10.1 Å². The lowest BCUT2D eigenvalue weighted by Crippen LogP contribution is -2.54. The van der Waals surface area contributed by atoms with Gasteiger partial charge in [0.05, 0.1) is 22.9 Å². The van der Waals surface area contributed by atoms with Crippen molar-refractivity contribution in [3.63, 3.8) is 0 Å². The molecule has 1 aromatic rings. The average Bonchev–Trinajstić information content (AvgIpc) is 2.85. The van der Waals surface area contributed by atoms with Gasteiger partial charge in [0, 0.05) is 19.5 Å². The Labute approximate surface area is 159 Å². The van der Waals surface area contributed by atoms with Gasteiger partial charge < -0.3 is 9.64 Å². The molecule has 2 saturated heterocycles. The second kappa shape index (κ2) is 6.73. The first-order valence-corrected chi connectivity index (χ1v) is 8.76. The average molecular weight is 385 g/mol. The minimum Gasteiger partial charge on any atom is -0.364 e. The van der Waals surface area contributed by atoms with Gasteiger partial charge in [-0.25, -0.2) is 4.39 Å². The molecule has 0 aromatic heterocycles. The van der Waals surface area contributed by atoms with Crippen LogP contribution in [0.1, 0.15) is 33.6 Å². The van der Waals surface area contributed by atoms with Crippen LogP contribution < -0.4 is 10.2 Å². The van der Waals surface area contributed by atoms with Gasteiger partial charge in [0.15, 0.2) is 0 Å². The van der Waals surface area contributed by atoms with Crippen molar-refractivity contribution in [2.45, 2.75) is 25.0 Å². The summed E-state index contributed by atoms with van der Waals surface area (Å²) in [5, 5.41) is 2.12. The van der Waals surface area contributed by atoms with Crippen LogP contribution in [-0.4, -0.2) is 60.4 Å². The first-order valence-electron chi connectivity index (χ1n) is 8.76. The van der Waals surface area contributed by atoms with Crippen LogP contribution in [-0.2, 0) is 14.3 Å². The van der Waals surface area contributed by atoms with Crippen LogP contribution in [0.15, 0.2) is 12.1 Å². The quantitative estimate of drug-likeness (QED) is 0.582. The number of halogens is 1. The zero-order chi connectivity index (χ0) is 20.0. The molecule has 1 unspecified atom stereocenters. The fourth-order valence-electron chi connectivity index (χ4n) is 3.63. The molecule has 3 heterocycles. The lowest BCUT2D eigenvalue weighted by Gasteiger charge is -2.40.